The quantitative estimate of drug-likeness (QED) is 0.432. The zero-order chi connectivity index (χ0) is 10.2. The van der Waals surface area contributed by atoms with Crippen LogP contribution >= 0.6 is 46.5 Å². The van der Waals surface area contributed by atoms with Gasteiger partial charge in [-0.05, 0) is 6.26 Å². The third-order valence-electron chi connectivity index (χ3n) is 1.24. The van der Waals surface area contributed by atoms with E-state index in [1.165, 1.54) is 0 Å². The average Bonchev–Trinajstić information content (AvgIpc) is 2.65. The van der Waals surface area contributed by atoms with Crippen LogP contribution in [-0.4, -0.2) is 41.3 Å². The SMILES string of the molecule is CSc1nnc(SCCOCCCl)s1. The lowest BCUT2D eigenvalue weighted by atomic mass is 10.8. The molecule has 0 radical (unpaired) electrons. The number of nitrogens with zero attached hydrogens (tertiary/aromatic N) is 2. The van der Waals surface area contributed by atoms with Crippen LogP contribution in [0.3, 0.4) is 0 Å². The Morgan fingerprint density at radius 1 is 1.36 bits per heavy atom. The normalized spacial score (nSPS) is 10.7. The van der Waals surface area contributed by atoms with Crippen molar-refractivity contribution >= 4 is 46.5 Å². The molecule has 0 spiro atoms. The zero-order valence-corrected chi connectivity index (χ0v) is 10.9. The lowest BCUT2D eigenvalue weighted by Crippen LogP contribution is -1.99. The van der Waals surface area contributed by atoms with Gasteiger partial charge >= 0.3 is 0 Å². The highest BCUT2D eigenvalue weighted by Crippen LogP contribution is 2.26. The molecule has 0 bridgehead atoms. The average molecular weight is 271 g/mol. The number of rotatable bonds is 7. The molecule has 0 N–H and O–H groups in total. The molecule has 0 aliphatic carbocycles. The van der Waals surface area contributed by atoms with Crippen molar-refractivity contribution < 1.29 is 4.74 Å². The summed E-state index contributed by atoms with van der Waals surface area (Å²) in [5, 5.41) is 8.03. The van der Waals surface area contributed by atoms with Gasteiger partial charge in [0.05, 0.1) is 13.2 Å². The first-order valence-corrected chi connectivity index (χ1v) is 7.57. The van der Waals surface area contributed by atoms with E-state index in [1.807, 2.05) is 6.26 Å². The van der Waals surface area contributed by atoms with Gasteiger partial charge in [0.15, 0.2) is 8.68 Å². The Morgan fingerprint density at radius 3 is 2.79 bits per heavy atom. The van der Waals surface area contributed by atoms with Crippen molar-refractivity contribution in [2.45, 2.75) is 8.68 Å². The molecule has 14 heavy (non-hydrogen) atoms. The minimum atomic E-state index is 0.556. The lowest BCUT2D eigenvalue weighted by Gasteiger charge is -1.98. The van der Waals surface area contributed by atoms with Crippen molar-refractivity contribution in [3.8, 4) is 0 Å². The first-order chi connectivity index (χ1) is 6.86. The van der Waals surface area contributed by atoms with Crippen LogP contribution in [0.2, 0.25) is 0 Å². The fourth-order valence-electron chi connectivity index (χ4n) is 0.683. The van der Waals surface area contributed by atoms with Crippen LogP contribution in [0, 0.1) is 0 Å². The number of halogens is 1. The van der Waals surface area contributed by atoms with E-state index < -0.39 is 0 Å². The molecule has 1 heterocycles. The summed E-state index contributed by atoms with van der Waals surface area (Å²) < 4.78 is 7.25. The Bertz CT molecular complexity index is 259. The van der Waals surface area contributed by atoms with E-state index in [0.29, 0.717) is 19.1 Å². The van der Waals surface area contributed by atoms with Crippen LogP contribution in [0.5, 0.6) is 0 Å². The van der Waals surface area contributed by atoms with Gasteiger partial charge in [0.25, 0.3) is 0 Å². The Balaban J connectivity index is 2.12. The van der Waals surface area contributed by atoms with E-state index in [1.54, 1.807) is 34.9 Å². The molecular formula is C7H11ClN2OS3. The van der Waals surface area contributed by atoms with E-state index in [0.717, 1.165) is 14.4 Å². The van der Waals surface area contributed by atoms with Crippen molar-refractivity contribution in [3.05, 3.63) is 0 Å². The van der Waals surface area contributed by atoms with Crippen LogP contribution in [0.25, 0.3) is 0 Å². The van der Waals surface area contributed by atoms with Gasteiger partial charge in [-0.3, -0.25) is 0 Å². The highest BCUT2D eigenvalue weighted by Gasteiger charge is 2.02. The number of hydrogen-bond donors (Lipinski definition) is 0. The molecular weight excluding hydrogens is 260 g/mol. The maximum atomic E-state index is 5.46. The number of ether oxygens (including phenoxy) is 1. The van der Waals surface area contributed by atoms with E-state index in [9.17, 15) is 0 Å². The molecule has 0 amide bonds. The monoisotopic (exact) mass is 270 g/mol. The third-order valence-corrected chi connectivity index (χ3v) is 4.39. The molecule has 80 valence electrons. The fourth-order valence-corrected chi connectivity index (χ4v) is 3.15. The first-order valence-electron chi connectivity index (χ1n) is 4.01. The lowest BCUT2D eigenvalue weighted by molar-refractivity contribution is 0.166. The molecule has 0 aliphatic heterocycles. The summed E-state index contributed by atoms with van der Waals surface area (Å²) in [5.41, 5.74) is 0. The second-order valence-electron chi connectivity index (χ2n) is 2.19. The van der Waals surface area contributed by atoms with Crippen molar-refractivity contribution in [1.29, 1.82) is 0 Å². The Morgan fingerprint density at radius 2 is 2.14 bits per heavy atom. The highest BCUT2D eigenvalue weighted by molar-refractivity contribution is 8.02. The molecule has 0 fully saturated rings. The predicted molar refractivity (Wildman–Crippen MR) is 64.0 cm³/mol. The van der Waals surface area contributed by atoms with Crippen molar-refractivity contribution in [1.82, 2.24) is 10.2 Å². The Hall–Kier alpha value is 0.510. The molecule has 0 atom stereocenters. The Labute approximate surface area is 101 Å². The van der Waals surface area contributed by atoms with Crippen molar-refractivity contribution in [2.24, 2.45) is 0 Å². The summed E-state index contributed by atoms with van der Waals surface area (Å²) in [6, 6.07) is 0. The van der Waals surface area contributed by atoms with Crippen LogP contribution < -0.4 is 0 Å². The topological polar surface area (TPSA) is 35.0 Å². The van der Waals surface area contributed by atoms with Gasteiger partial charge in [-0.2, -0.15) is 0 Å². The molecule has 0 unspecified atom stereocenters. The molecule has 1 rings (SSSR count). The van der Waals surface area contributed by atoms with Crippen LogP contribution in [0.15, 0.2) is 8.68 Å². The van der Waals surface area contributed by atoms with Gasteiger partial charge in [0.1, 0.15) is 0 Å². The summed E-state index contributed by atoms with van der Waals surface area (Å²) in [4.78, 5) is 0. The van der Waals surface area contributed by atoms with Crippen LogP contribution in [0.1, 0.15) is 0 Å². The van der Waals surface area contributed by atoms with Gasteiger partial charge < -0.3 is 4.74 Å². The third kappa shape index (κ3) is 4.84. The van der Waals surface area contributed by atoms with E-state index in [-0.39, 0.29) is 0 Å². The molecule has 1 aromatic heterocycles. The van der Waals surface area contributed by atoms with Gasteiger partial charge in [-0.15, -0.1) is 21.8 Å². The van der Waals surface area contributed by atoms with E-state index in [2.05, 4.69) is 10.2 Å². The van der Waals surface area contributed by atoms with Gasteiger partial charge in [0.2, 0.25) is 0 Å². The summed E-state index contributed by atoms with van der Waals surface area (Å²) in [5.74, 6) is 1.46. The van der Waals surface area contributed by atoms with Gasteiger partial charge in [-0.25, -0.2) is 0 Å². The standard InChI is InChI=1S/C7H11ClN2OS3/c1-12-6-9-10-7(14-6)13-5-4-11-3-2-8/h2-5H2,1H3. The minimum absolute atomic E-state index is 0.556. The second-order valence-corrected chi connectivity index (χ2v) is 5.94. The molecule has 0 aromatic carbocycles. The van der Waals surface area contributed by atoms with Gasteiger partial charge in [0, 0.05) is 11.6 Å². The van der Waals surface area contributed by atoms with Crippen LogP contribution in [-0.2, 0) is 4.74 Å². The number of hydrogen-bond acceptors (Lipinski definition) is 6. The molecule has 0 saturated carbocycles. The van der Waals surface area contributed by atoms with Crippen LogP contribution in [0.4, 0.5) is 0 Å². The highest BCUT2D eigenvalue weighted by atomic mass is 35.5. The van der Waals surface area contributed by atoms with Crippen molar-refractivity contribution in [2.75, 3.05) is 31.1 Å². The maximum Gasteiger partial charge on any atom is 0.175 e. The molecule has 0 saturated heterocycles. The summed E-state index contributed by atoms with van der Waals surface area (Å²) >= 11 is 10.4. The molecule has 3 nitrogen and oxygen atoms in total. The number of aromatic nitrogens is 2. The second kappa shape index (κ2) is 7.76. The molecule has 0 aliphatic rings. The Kier molecular flexibility index (Phi) is 6.97. The summed E-state index contributed by atoms with van der Waals surface area (Å²) in [6.45, 7) is 1.33. The van der Waals surface area contributed by atoms with E-state index >= 15 is 0 Å². The summed E-state index contributed by atoms with van der Waals surface area (Å²) in [7, 11) is 0. The zero-order valence-electron chi connectivity index (χ0n) is 7.73. The number of thioether (sulfide) groups is 2. The molecule has 1 aromatic rings. The number of alkyl halides is 1. The van der Waals surface area contributed by atoms with Crippen molar-refractivity contribution in [3.63, 3.8) is 0 Å². The molecule has 7 heteroatoms. The van der Waals surface area contributed by atoms with Gasteiger partial charge in [-0.1, -0.05) is 34.9 Å². The smallest absolute Gasteiger partial charge is 0.175 e. The largest absolute Gasteiger partial charge is 0.379 e. The maximum absolute atomic E-state index is 5.46. The fraction of sp³-hybridized carbons (Fsp3) is 0.714. The van der Waals surface area contributed by atoms with E-state index in [4.69, 9.17) is 16.3 Å². The summed E-state index contributed by atoms with van der Waals surface area (Å²) in [6.07, 6.45) is 2.00. The minimum Gasteiger partial charge on any atom is -0.379 e. The predicted octanol–water partition coefficient (Wildman–Crippen LogP) is 2.61. The first kappa shape index (κ1) is 12.6.